The lowest BCUT2D eigenvalue weighted by Gasteiger charge is -1.98. The van der Waals surface area contributed by atoms with Gasteiger partial charge in [0.2, 0.25) is 0 Å². The standard InChI is InChI=1S/C12H12N2O3/c1-7-8(2)14-17-12(7)13-6-9-5-10(15)3-4-11(9)16/h3-6,15-16H,1-2H3. The molecule has 2 aromatic rings. The van der Waals surface area contributed by atoms with Crippen molar-refractivity contribution >= 4 is 12.1 Å². The lowest BCUT2D eigenvalue weighted by Crippen LogP contribution is -1.82. The van der Waals surface area contributed by atoms with Gasteiger partial charge in [0.15, 0.2) is 0 Å². The third kappa shape index (κ3) is 2.28. The van der Waals surface area contributed by atoms with Crippen LogP contribution in [0.4, 0.5) is 5.88 Å². The summed E-state index contributed by atoms with van der Waals surface area (Å²) in [5.74, 6) is 0.500. The molecule has 0 saturated heterocycles. The van der Waals surface area contributed by atoms with Gasteiger partial charge in [0.25, 0.3) is 5.88 Å². The van der Waals surface area contributed by atoms with Crippen LogP contribution in [0, 0.1) is 13.8 Å². The fourth-order valence-electron chi connectivity index (χ4n) is 1.30. The predicted octanol–water partition coefficient (Wildman–Crippen LogP) is 2.45. The summed E-state index contributed by atoms with van der Waals surface area (Å²) in [6, 6.07) is 4.21. The van der Waals surface area contributed by atoms with Gasteiger partial charge in [-0.2, -0.15) is 0 Å². The van der Waals surface area contributed by atoms with Crippen LogP contribution in [0.25, 0.3) is 0 Å². The van der Waals surface area contributed by atoms with Gasteiger partial charge in [-0.05, 0) is 32.0 Å². The molecule has 0 fully saturated rings. The minimum absolute atomic E-state index is 0.0421. The number of phenols is 2. The lowest BCUT2D eigenvalue weighted by molar-refractivity contribution is 0.425. The summed E-state index contributed by atoms with van der Waals surface area (Å²) in [4.78, 5) is 4.07. The minimum atomic E-state index is 0.0421. The Hall–Kier alpha value is -2.30. The van der Waals surface area contributed by atoms with E-state index in [9.17, 15) is 10.2 Å². The van der Waals surface area contributed by atoms with E-state index in [1.54, 1.807) is 0 Å². The molecule has 0 aliphatic heterocycles. The molecule has 17 heavy (non-hydrogen) atoms. The molecule has 0 aliphatic carbocycles. The predicted molar refractivity (Wildman–Crippen MR) is 63.0 cm³/mol. The fraction of sp³-hybridized carbons (Fsp3) is 0.167. The SMILES string of the molecule is Cc1noc(N=Cc2cc(O)ccc2O)c1C. The Bertz CT molecular complexity index is 573. The van der Waals surface area contributed by atoms with E-state index in [1.165, 1.54) is 24.4 Å². The zero-order valence-corrected chi connectivity index (χ0v) is 9.51. The van der Waals surface area contributed by atoms with Crippen molar-refractivity contribution in [1.82, 2.24) is 5.16 Å². The molecule has 2 N–H and O–H groups in total. The number of aromatic nitrogens is 1. The van der Waals surface area contributed by atoms with Crippen LogP contribution in [0.3, 0.4) is 0 Å². The third-order valence-electron chi connectivity index (χ3n) is 2.46. The topological polar surface area (TPSA) is 78.9 Å². The molecule has 1 heterocycles. The van der Waals surface area contributed by atoms with Crippen LogP contribution in [0.1, 0.15) is 16.8 Å². The number of hydrogen-bond donors (Lipinski definition) is 2. The molecule has 0 atom stereocenters. The molecule has 88 valence electrons. The Kier molecular flexibility index (Phi) is 2.82. The van der Waals surface area contributed by atoms with E-state index in [0.29, 0.717) is 11.4 Å². The number of phenolic OH excluding ortho intramolecular Hbond substituents is 2. The molecule has 0 bridgehead atoms. The summed E-state index contributed by atoms with van der Waals surface area (Å²) in [7, 11) is 0. The normalized spacial score (nSPS) is 11.2. The highest BCUT2D eigenvalue weighted by Gasteiger charge is 2.06. The van der Waals surface area contributed by atoms with Crippen molar-refractivity contribution < 1.29 is 14.7 Å². The van der Waals surface area contributed by atoms with E-state index in [1.807, 2.05) is 13.8 Å². The van der Waals surface area contributed by atoms with Gasteiger partial charge in [0.1, 0.15) is 11.5 Å². The highest BCUT2D eigenvalue weighted by molar-refractivity contribution is 5.85. The van der Waals surface area contributed by atoms with Crippen LogP contribution in [0.5, 0.6) is 11.5 Å². The molecule has 0 radical (unpaired) electrons. The average molecular weight is 232 g/mol. The molecular formula is C12H12N2O3. The van der Waals surface area contributed by atoms with E-state index in [4.69, 9.17) is 4.52 Å². The Morgan fingerprint density at radius 1 is 1.29 bits per heavy atom. The number of aliphatic imine (C=N–C) groups is 1. The van der Waals surface area contributed by atoms with Crippen LogP contribution in [-0.4, -0.2) is 21.6 Å². The second kappa shape index (κ2) is 4.29. The van der Waals surface area contributed by atoms with Gasteiger partial charge in [-0.15, -0.1) is 0 Å². The van der Waals surface area contributed by atoms with E-state index < -0.39 is 0 Å². The quantitative estimate of drug-likeness (QED) is 0.615. The summed E-state index contributed by atoms with van der Waals surface area (Å²) in [6.45, 7) is 3.67. The van der Waals surface area contributed by atoms with Crippen molar-refractivity contribution in [1.29, 1.82) is 0 Å². The van der Waals surface area contributed by atoms with Crippen LogP contribution >= 0.6 is 0 Å². The molecule has 2 rings (SSSR count). The third-order valence-corrected chi connectivity index (χ3v) is 2.46. The first-order valence-corrected chi connectivity index (χ1v) is 5.07. The Labute approximate surface area is 98.0 Å². The van der Waals surface area contributed by atoms with Gasteiger partial charge in [-0.25, -0.2) is 4.99 Å². The Balaban J connectivity index is 2.32. The maximum atomic E-state index is 9.54. The van der Waals surface area contributed by atoms with Gasteiger partial charge in [-0.3, -0.25) is 0 Å². The molecule has 0 saturated carbocycles. The maximum absolute atomic E-state index is 9.54. The second-order valence-corrected chi connectivity index (χ2v) is 3.70. The van der Waals surface area contributed by atoms with Crippen LogP contribution in [0.2, 0.25) is 0 Å². The van der Waals surface area contributed by atoms with E-state index in [0.717, 1.165) is 11.3 Å². The zero-order chi connectivity index (χ0) is 12.4. The van der Waals surface area contributed by atoms with Gasteiger partial charge in [-0.1, -0.05) is 5.16 Å². The van der Waals surface area contributed by atoms with Crippen molar-refractivity contribution in [2.75, 3.05) is 0 Å². The molecule has 0 amide bonds. The van der Waals surface area contributed by atoms with Crippen molar-refractivity contribution in [3.63, 3.8) is 0 Å². The first-order valence-electron chi connectivity index (χ1n) is 5.07. The molecule has 1 aromatic carbocycles. The largest absolute Gasteiger partial charge is 0.508 e. The summed E-state index contributed by atoms with van der Waals surface area (Å²) >= 11 is 0. The first kappa shape index (κ1) is 11.2. The summed E-state index contributed by atoms with van der Waals surface area (Å²) < 4.78 is 4.99. The monoisotopic (exact) mass is 232 g/mol. The molecular weight excluding hydrogens is 220 g/mol. The van der Waals surface area contributed by atoms with Crippen LogP contribution < -0.4 is 0 Å². The van der Waals surface area contributed by atoms with Gasteiger partial charge in [0.05, 0.1) is 5.69 Å². The summed E-state index contributed by atoms with van der Waals surface area (Å²) in [6.07, 6.45) is 1.42. The van der Waals surface area contributed by atoms with Crippen molar-refractivity contribution in [2.45, 2.75) is 13.8 Å². The molecule has 0 aliphatic rings. The molecule has 5 nitrogen and oxygen atoms in total. The maximum Gasteiger partial charge on any atom is 0.253 e. The average Bonchev–Trinajstić information content (AvgIpc) is 2.62. The number of aromatic hydroxyl groups is 2. The number of rotatable bonds is 2. The van der Waals surface area contributed by atoms with Crippen molar-refractivity contribution in [3.8, 4) is 11.5 Å². The van der Waals surface area contributed by atoms with Crippen LogP contribution in [-0.2, 0) is 0 Å². The Morgan fingerprint density at radius 2 is 2.06 bits per heavy atom. The molecule has 0 spiro atoms. The van der Waals surface area contributed by atoms with E-state index in [-0.39, 0.29) is 11.5 Å². The highest BCUT2D eigenvalue weighted by atomic mass is 16.5. The van der Waals surface area contributed by atoms with Crippen LogP contribution in [0.15, 0.2) is 27.7 Å². The van der Waals surface area contributed by atoms with Gasteiger partial charge < -0.3 is 14.7 Å². The van der Waals surface area contributed by atoms with E-state index >= 15 is 0 Å². The number of aryl methyl sites for hydroxylation is 1. The molecule has 0 unspecified atom stereocenters. The summed E-state index contributed by atoms with van der Waals surface area (Å²) in [5, 5.41) is 22.6. The van der Waals surface area contributed by atoms with Crippen molar-refractivity contribution in [3.05, 3.63) is 35.0 Å². The van der Waals surface area contributed by atoms with E-state index in [2.05, 4.69) is 10.1 Å². The zero-order valence-electron chi connectivity index (χ0n) is 9.51. The number of benzene rings is 1. The molecule has 1 aromatic heterocycles. The summed E-state index contributed by atoms with van der Waals surface area (Å²) in [5.41, 5.74) is 2.04. The number of nitrogens with zero attached hydrogens (tertiary/aromatic N) is 2. The van der Waals surface area contributed by atoms with Gasteiger partial charge in [0, 0.05) is 17.3 Å². The molecule has 5 heteroatoms. The second-order valence-electron chi connectivity index (χ2n) is 3.70. The fourth-order valence-corrected chi connectivity index (χ4v) is 1.30. The first-order chi connectivity index (χ1) is 8.08. The van der Waals surface area contributed by atoms with Crippen molar-refractivity contribution in [2.24, 2.45) is 4.99 Å². The smallest absolute Gasteiger partial charge is 0.253 e. The highest BCUT2D eigenvalue weighted by Crippen LogP contribution is 2.23. The number of hydrogen-bond acceptors (Lipinski definition) is 5. The minimum Gasteiger partial charge on any atom is -0.508 e. The lowest BCUT2D eigenvalue weighted by atomic mass is 10.2. The Morgan fingerprint density at radius 3 is 2.71 bits per heavy atom. The van der Waals surface area contributed by atoms with Gasteiger partial charge >= 0.3 is 0 Å².